The summed E-state index contributed by atoms with van der Waals surface area (Å²) in [7, 11) is 0. The van der Waals surface area contributed by atoms with E-state index in [-0.39, 0.29) is 6.10 Å². The molecule has 17 heavy (non-hydrogen) atoms. The lowest BCUT2D eigenvalue weighted by molar-refractivity contribution is 0.0257. The molecule has 3 heteroatoms. The molecule has 0 aromatic heterocycles. The van der Waals surface area contributed by atoms with Crippen LogP contribution in [-0.4, -0.2) is 23.9 Å². The quantitative estimate of drug-likeness (QED) is 0.873. The van der Waals surface area contributed by atoms with E-state index >= 15 is 0 Å². The number of ether oxygens (including phenoxy) is 2. The number of aliphatic hydroxyl groups excluding tert-OH is 1. The van der Waals surface area contributed by atoms with Gasteiger partial charge in [-0.3, -0.25) is 0 Å². The molecule has 0 saturated carbocycles. The second kappa shape index (κ2) is 5.52. The Balaban J connectivity index is 1.94. The molecular weight excluding hydrogens is 216 g/mol. The number of hydrogen-bond acceptors (Lipinski definition) is 3. The van der Waals surface area contributed by atoms with Crippen LogP contribution in [0.5, 0.6) is 5.75 Å². The topological polar surface area (TPSA) is 38.7 Å². The van der Waals surface area contributed by atoms with E-state index in [0.717, 1.165) is 24.2 Å². The lowest BCUT2D eigenvalue weighted by Crippen LogP contribution is -2.18. The maximum absolute atomic E-state index is 9.63. The van der Waals surface area contributed by atoms with Gasteiger partial charge in [-0.1, -0.05) is 18.2 Å². The summed E-state index contributed by atoms with van der Waals surface area (Å²) in [5.74, 6) is 0.755. The van der Waals surface area contributed by atoms with Crippen molar-refractivity contribution in [1.29, 1.82) is 0 Å². The van der Waals surface area contributed by atoms with Crippen LogP contribution in [-0.2, 0) is 4.74 Å². The molecule has 0 aliphatic carbocycles. The molecule has 1 N–H and O–H groups in total. The SMILES string of the molecule is CC1CCC(COc2ccccc2C(C)O)O1. The van der Waals surface area contributed by atoms with Crippen LogP contribution in [0.3, 0.4) is 0 Å². The van der Waals surface area contributed by atoms with Gasteiger partial charge in [-0.2, -0.15) is 0 Å². The minimum absolute atomic E-state index is 0.187. The lowest BCUT2D eigenvalue weighted by Gasteiger charge is -2.16. The number of benzene rings is 1. The van der Waals surface area contributed by atoms with Crippen molar-refractivity contribution in [3.8, 4) is 5.75 Å². The average Bonchev–Trinajstić information content (AvgIpc) is 2.73. The zero-order valence-electron chi connectivity index (χ0n) is 10.4. The molecule has 0 spiro atoms. The minimum atomic E-state index is -0.505. The maximum atomic E-state index is 9.63. The number of aliphatic hydroxyl groups is 1. The fourth-order valence-corrected chi connectivity index (χ4v) is 2.15. The van der Waals surface area contributed by atoms with E-state index in [1.165, 1.54) is 0 Å². The van der Waals surface area contributed by atoms with Crippen LogP contribution in [0.25, 0.3) is 0 Å². The van der Waals surface area contributed by atoms with Crippen LogP contribution in [0.4, 0.5) is 0 Å². The first-order chi connectivity index (χ1) is 8.16. The standard InChI is InChI=1S/C14H20O3/c1-10-7-8-12(17-10)9-16-14-6-4-3-5-13(14)11(2)15/h3-6,10-12,15H,7-9H2,1-2H3. The van der Waals surface area contributed by atoms with E-state index in [2.05, 4.69) is 6.92 Å². The fourth-order valence-electron chi connectivity index (χ4n) is 2.15. The molecule has 1 aromatic rings. The van der Waals surface area contributed by atoms with E-state index in [0.29, 0.717) is 12.7 Å². The van der Waals surface area contributed by atoms with E-state index in [1.54, 1.807) is 6.92 Å². The van der Waals surface area contributed by atoms with Crippen molar-refractivity contribution in [2.24, 2.45) is 0 Å². The van der Waals surface area contributed by atoms with Crippen LogP contribution in [0.2, 0.25) is 0 Å². The van der Waals surface area contributed by atoms with E-state index in [4.69, 9.17) is 9.47 Å². The summed E-state index contributed by atoms with van der Waals surface area (Å²) >= 11 is 0. The van der Waals surface area contributed by atoms with Gasteiger partial charge in [0.1, 0.15) is 12.4 Å². The van der Waals surface area contributed by atoms with Gasteiger partial charge in [0.15, 0.2) is 0 Å². The third kappa shape index (κ3) is 3.20. The highest BCUT2D eigenvalue weighted by atomic mass is 16.5. The molecule has 1 aliphatic rings. The maximum Gasteiger partial charge on any atom is 0.125 e. The first-order valence-corrected chi connectivity index (χ1v) is 6.22. The summed E-state index contributed by atoms with van der Waals surface area (Å²) in [6.07, 6.45) is 2.18. The van der Waals surface area contributed by atoms with Crippen molar-refractivity contribution in [3.63, 3.8) is 0 Å². The van der Waals surface area contributed by atoms with E-state index in [1.807, 2.05) is 24.3 Å². The monoisotopic (exact) mass is 236 g/mol. The van der Waals surface area contributed by atoms with Crippen LogP contribution in [0.15, 0.2) is 24.3 Å². The first kappa shape index (κ1) is 12.4. The van der Waals surface area contributed by atoms with Gasteiger partial charge < -0.3 is 14.6 Å². The molecule has 3 unspecified atom stereocenters. The molecule has 0 amide bonds. The molecule has 1 heterocycles. The second-order valence-corrected chi connectivity index (χ2v) is 4.67. The second-order valence-electron chi connectivity index (χ2n) is 4.67. The molecule has 1 aliphatic heterocycles. The molecule has 94 valence electrons. The molecule has 3 nitrogen and oxygen atoms in total. The Morgan fingerprint density at radius 2 is 2.18 bits per heavy atom. The highest BCUT2D eigenvalue weighted by molar-refractivity contribution is 5.34. The largest absolute Gasteiger partial charge is 0.490 e. The number of hydrogen-bond donors (Lipinski definition) is 1. The predicted octanol–water partition coefficient (Wildman–Crippen LogP) is 2.69. The molecule has 1 saturated heterocycles. The smallest absolute Gasteiger partial charge is 0.125 e. The van der Waals surface area contributed by atoms with Crippen molar-refractivity contribution in [1.82, 2.24) is 0 Å². The van der Waals surface area contributed by atoms with Crippen molar-refractivity contribution in [2.75, 3.05) is 6.61 Å². The summed E-state index contributed by atoms with van der Waals surface area (Å²) in [6.45, 7) is 4.40. The molecule has 3 atom stereocenters. The first-order valence-electron chi connectivity index (χ1n) is 6.22. The zero-order valence-corrected chi connectivity index (χ0v) is 10.4. The van der Waals surface area contributed by atoms with Gasteiger partial charge in [0.2, 0.25) is 0 Å². The molecule has 2 rings (SSSR count). The minimum Gasteiger partial charge on any atom is -0.490 e. The highest BCUT2D eigenvalue weighted by Crippen LogP contribution is 2.26. The normalized spacial score (nSPS) is 25.8. The van der Waals surface area contributed by atoms with Gasteiger partial charge in [-0.15, -0.1) is 0 Å². The highest BCUT2D eigenvalue weighted by Gasteiger charge is 2.22. The van der Waals surface area contributed by atoms with Crippen LogP contribution in [0.1, 0.15) is 38.4 Å². The Bertz CT molecular complexity index is 362. The van der Waals surface area contributed by atoms with Crippen LogP contribution in [0, 0.1) is 0 Å². The molecular formula is C14H20O3. The summed E-state index contributed by atoms with van der Waals surface area (Å²) in [4.78, 5) is 0. The van der Waals surface area contributed by atoms with Crippen molar-refractivity contribution in [2.45, 2.75) is 45.0 Å². The van der Waals surface area contributed by atoms with Crippen LogP contribution >= 0.6 is 0 Å². The van der Waals surface area contributed by atoms with E-state index < -0.39 is 6.10 Å². The third-order valence-corrected chi connectivity index (χ3v) is 3.11. The average molecular weight is 236 g/mol. The summed E-state index contributed by atoms with van der Waals surface area (Å²) < 4.78 is 11.4. The van der Waals surface area contributed by atoms with Gasteiger partial charge in [-0.05, 0) is 32.8 Å². The summed E-state index contributed by atoms with van der Waals surface area (Å²) in [5, 5.41) is 9.63. The van der Waals surface area contributed by atoms with Crippen molar-refractivity contribution < 1.29 is 14.6 Å². The Hall–Kier alpha value is -1.06. The Morgan fingerprint density at radius 3 is 2.82 bits per heavy atom. The van der Waals surface area contributed by atoms with Gasteiger partial charge in [0.05, 0.1) is 18.3 Å². The summed E-state index contributed by atoms with van der Waals surface area (Å²) in [5.41, 5.74) is 0.832. The predicted molar refractivity (Wildman–Crippen MR) is 66.1 cm³/mol. The molecule has 1 fully saturated rings. The fraction of sp³-hybridized carbons (Fsp3) is 0.571. The summed E-state index contributed by atoms with van der Waals surface area (Å²) in [6, 6.07) is 7.60. The molecule has 0 bridgehead atoms. The lowest BCUT2D eigenvalue weighted by atomic mass is 10.1. The zero-order chi connectivity index (χ0) is 12.3. The third-order valence-electron chi connectivity index (χ3n) is 3.11. The van der Waals surface area contributed by atoms with Crippen molar-refractivity contribution >= 4 is 0 Å². The molecule has 1 aromatic carbocycles. The molecule has 0 radical (unpaired) electrons. The van der Waals surface area contributed by atoms with E-state index in [9.17, 15) is 5.11 Å². The Labute approximate surface area is 102 Å². The number of para-hydroxylation sites is 1. The van der Waals surface area contributed by atoms with Gasteiger partial charge in [-0.25, -0.2) is 0 Å². The Morgan fingerprint density at radius 1 is 1.41 bits per heavy atom. The van der Waals surface area contributed by atoms with Crippen molar-refractivity contribution in [3.05, 3.63) is 29.8 Å². The van der Waals surface area contributed by atoms with Gasteiger partial charge in [0, 0.05) is 5.56 Å². The van der Waals surface area contributed by atoms with Crippen LogP contribution < -0.4 is 4.74 Å². The van der Waals surface area contributed by atoms with Gasteiger partial charge >= 0.3 is 0 Å². The number of rotatable bonds is 4. The Kier molecular flexibility index (Phi) is 4.02. The van der Waals surface area contributed by atoms with Gasteiger partial charge in [0.25, 0.3) is 0 Å².